The fourth-order valence-corrected chi connectivity index (χ4v) is 3.82. The van der Waals surface area contributed by atoms with Crippen molar-refractivity contribution in [1.82, 2.24) is 4.72 Å². The Morgan fingerprint density at radius 3 is 2.30 bits per heavy atom. The van der Waals surface area contributed by atoms with Gasteiger partial charge in [-0.25, -0.2) is 17.5 Å². The SMILES string of the molecule is CC(NS(=O)(=O)c1ccccc1F)c1ccc2ccccc2c1. The average Bonchev–Trinajstić information content (AvgIpc) is 2.54. The Balaban J connectivity index is 1.90. The van der Waals surface area contributed by atoms with Crippen molar-refractivity contribution in [2.24, 2.45) is 0 Å². The Hall–Kier alpha value is -2.24. The van der Waals surface area contributed by atoms with Crippen LogP contribution in [0, 0.1) is 5.82 Å². The summed E-state index contributed by atoms with van der Waals surface area (Å²) in [6.45, 7) is 1.74. The first kappa shape index (κ1) is 15.6. The quantitative estimate of drug-likeness (QED) is 0.786. The second-order valence-electron chi connectivity index (χ2n) is 5.38. The van der Waals surface area contributed by atoms with Gasteiger partial charge in [0.2, 0.25) is 10.0 Å². The van der Waals surface area contributed by atoms with Gasteiger partial charge in [-0.1, -0.05) is 48.5 Å². The number of sulfonamides is 1. The minimum Gasteiger partial charge on any atom is -0.207 e. The molecule has 3 rings (SSSR count). The van der Waals surface area contributed by atoms with E-state index in [1.807, 2.05) is 42.5 Å². The lowest BCUT2D eigenvalue weighted by atomic mass is 10.0. The highest BCUT2D eigenvalue weighted by Gasteiger charge is 2.21. The summed E-state index contributed by atoms with van der Waals surface area (Å²) in [5, 5.41) is 2.11. The Labute approximate surface area is 134 Å². The zero-order valence-electron chi connectivity index (χ0n) is 12.5. The van der Waals surface area contributed by atoms with E-state index in [2.05, 4.69) is 4.72 Å². The molecule has 0 aliphatic carbocycles. The molecule has 5 heteroatoms. The van der Waals surface area contributed by atoms with Crippen LogP contribution < -0.4 is 4.72 Å². The first-order valence-corrected chi connectivity index (χ1v) is 8.71. The number of fused-ring (bicyclic) bond motifs is 1. The van der Waals surface area contributed by atoms with E-state index in [1.54, 1.807) is 6.92 Å². The number of hydrogen-bond donors (Lipinski definition) is 1. The zero-order chi connectivity index (χ0) is 16.4. The Morgan fingerprint density at radius 1 is 0.913 bits per heavy atom. The van der Waals surface area contributed by atoms with E-state index in [-0.39, 0.29) is 4.90 Å². The molecule has 0 heterocycles. The van der Waals surface area contributed by atoms with Gasteiger partial charge in [0.15, 0.2) is 0 Å². The first-order chi connectivity index (χ1) is 11.0. The number of hydrogen-bond acceptors (Lipinski definition) is 2. The third kappa shape index (κ3) is 3.25. The van der Waals surface area contributed by atoms with Gasteiger partial charge < -0.3 is 0 Å². The fourth-order valence-electron chi connectivity index (χ4n) is 2.50. The van der Waals surface area contributed by atoms with Gasteiger partial charge in [-0.15, -0.1) is 0 Å². The van der Waals surface area contributed by atoms with E-state index in [0.29, 0.717) is 0 Å². The van der Waals surface area contributed by atoms with Gasteiger partial charge in [0.1, 0.15) is 10.7 Å². The number of nitrogens with one attached hydrogen (secondary N) is 1. The van der Waals surface area contributed by atoms with Crippen LogP contribution in [-0.4, -0.2) is 8.42 Å². The Bertz CT molecular complexity index is 954. The monoisotopic (exact) mass is 329 g/mol. The molecule has 1 N–H and O–H groups in total. The van der Waals surface area contributed by atoms with Crippen LogP contribution >= 0.6 is 0 Å². The fraction of sp³-hybridized carbons (Fsp3) is 0.111. The lowest BCUT2D eigenvalue weighted by Crippen LogP contribution is -2.27. The van der Waals surface area contributed by atoms with Crippen molar-refractivity contribution in [1.29, 1.82) is 0 Å². The number of benzene rings is 3. The molecule has 0 amide bonds. The standard InChI is InChI=1S/C18H16FNO2S/c1-13(15-11-10-14-6-2-3-7-16(14)12-15)20-23(21,22)18-9-5-4-8-17(18)19/h2-13,20H,1H3. The summed E-state index contributed by atoms with van der Waals surface area (Å²) in [5.41, 5.74) is 0.823. The normalized spacial score (nSPS) is 13.1. The van der Waals surface area contributed by atoms with Crippen molar-refractivity contribution in [2.45, 2.75) is 17.9 Å². The molecular weight excluding hydrogens is 313 g/mol. The molecule has 0 spiro atoms. The number of rotatable bonds is 4. The molecule has 3 nitrogen and oxygen atoms in total. The predicted molar refractivity (Wildman–Crippen MR) is 89.1 cm³/mol. The number of halogens is 1. The van der Waals surface area contributed by atoms with Crippen LogP contribution in [0.2, 0.25) is 0 Å². The molecule has 0 radical (unpaired) electrons. The lowest BCUT2D eigenvalue weighted by molar-refractivity contribution is 0.547. The third-order valence-electron chi connectivity index (χ3n) is 3.73. The minimum absolute atomic E-state index is 0.340. The van der Waals surface area contributed by atoms with E-state index in [0.717, 1.165) is 22.4 Å². The van der Waals surface area contributed by atoms with Crippen LogP contribution in [0.3, 0.4) is 0 Å². The highest BCUT2D eigenvalue weighted by molar-refractivity contribution is 7.89. The molecule has 0 aromatic heterocycles. The van der Waals surface area contributed by atoms with Gasteiger partial charge in [0.25, 0.3) is 0 Å². The topological polar surface area (TPSA) is 46.2 Å². The van der Waals surface area contributed by atoms with Gasteiger partial charge in [-0.3, -0.25) is 0 Å². The highest BCUT2D eigenvalue weighted by atomic mass is 32.2. The summed E-state index contributed by atoms with van der Waals surface area (Å²) in [7, 11) is -3.92. The van der Waals surface area contributed by atoms with Crippen molar-refractivity contribution in [3.8, 4) is 0 Å². The molecular formula is C18H16FNO2S. The maximum atomic E-state index is 13.7. The van der Waals surface area contributed by atoms with Crippen LogP contribution in [0.25, 0.3) is 10.8 Å². The van der Waals surface area contributed by atoms with Gasteiger partial charge in [0.05, 0.1) is 0 Å². The molecule has 1 unspecified atom stereocenters. The van der Waals surface area contributed by atoms with Gasteiger partial charge >= 0.3 is 0 Å². The lowest BCUT2D eigenvalue weighted by Gasteiger charge is -2.15. The molecule has 23 heavy (non-hydrogen) atoms. The summed E-state index contributed by atoms with van der Waals surface area (Å²) in [4.78, 5) is -0.340. The van der Waals surface area contributed by atoms with Crippen LogP contribution in [0.15, 0.2) is 71.6 Å². The van der Waals surface area contributed by atoms with Crippen molar-refractivity contribution in [3.63, 3.8) is 0 Å². The van der Waals surface area contributed by atoms with Crippen LogP contribution in [0.5, 0.6) is 0 Å². The summed E-state index contributed by atoms with van der Waals surface area (Å²) in [6, 6.07) is 18.5. The molecule has 3 aromatic carbocycles. The van der Waals surface area contributed by atoms with Crippen molar-refractivity contribution >= 4 is 20.8 Å². The summed E-state index contributed by atoms with van der Waals surface area (Å²) in [6.07, 6.45) is 0. The predicted octanol–water partition coefficient (Wildman–Crippen LogP) is 4.02. The summed E-state index contributed by atoms with van der Waals surface area (Å²) < 4.78 is 41.0. The van der Waals surface area contributed by atoms with Crippen LogP contribution in [0.1, 0.15) is 18.5 Å². The molecule has 0 aliphatic rings. The van der Waals surface area contributed by atoms with E-state index in [1.165, 1.54) is 18.2 Å². The summed E-state index contributed by atoms with van der Waals surface area (Å²) in [5.74, 6) is -0.759. The molecule has 0 aliphatic heterocycles. The molecule has 0 fully saturated rings. The largest absolute Gasteiger partial charge is 0.244 e. The van der Waals surface area contributed by atoms with E-state index < -0.39 is 21.9 Å². The van der Waals surface area contributed by atoms with Crippen LogP contribution in [-0.2, 0) is 10.0 Å². The van der Waals surface area contributed by atoms with E-state index in [9.17, 15) is 12.8 Å². The molecule has 3 aromatic rings. The Kier molecular flexibility index (Phi) is 4.15. The van der Waals surface area contributed by atoms with E-state index in [4.69, 9.17) is 0 Å². The average molecular weight is 329 g/mol. The third-order valence-corrected chi connectivity index (χ3v) is 5.31. The first-order valence-electron chi connectivity index (χ1n) is 7.23. The van der Waals surface area contributed by atoms with Gasteiger partial charge in [-0.2, -0.15) is 0 Å². The molecule has 0 saturated heterocycles. The molecule has 118 valence electrons. The summed E-state index contributed by atoms with van der Waals surface area (Å²) >= 11 is 0. The zero-order valence-corrected chi connectivity index (χ0v) is 13.3. The second kappa shape index (κ2) is 6.10. The Morgan fingerprint density at radius 2 is 1.57 bits per heavy atom. The van der Waals surface area contributed by atoms with Crippen molar-refractivity contribution in [2.75, 3.05) is 0 Å². The molecule has 0 saturated carbocycles. The molecule has 0 bridgehead atoms. The van der Waals surface area contributed by atoms with E-state index >= 15 is 0 Å². The minimum atomic E-state index is -3.92. The second-order valence-corrected chi connectivity index (χ2v) is 7.06. The van der Waals surface area contributed by atoms with Crippen molar-refractivity contribution < 1.29 is 12.8 Å². The van der Waals surface area contributed by atoms with Crippen molar-refractivity contribution in [3.05, 3.63) is 78.1 Å². The molecule has 1 atom stereocenters. The maximum Gasteiger partial charge on any atom is 0.244 e. The smallest absolute Gasteiger partial charge is 0.207 e. The van der Waals surface area contributed by atoms with Crippen LogP contribution in [0.4, 0.5) is 4.39 Å². The highest BCUT2D eigenvalue weighted by Crippen LogP contribution is 2.22. The maximum absolute atomic E-state index is 13.7. The van der Waals surface area contributed by atoms with Gasteiger partial charge in [-0.05, 0) is 41.5 Å². The van der Waals surface area contributed by atoms with Gasteiger partial charge in [0, 0.05) is 6.04 Å².